The van der Waals surface area contributed by atoms with Gasteiger partial charge < -0.3 is 13.9 Å². The Morgan fingerprint density at radius 1 is 0.511 bits per heavy atom. The maximum Gasteiger partial charge on any atom is 0.221 e. The van der Waals surface area contributed by atoms with E-state index in [1.54, 1.807) is 0 Å². The van der Waals surface area contributed by atoms with Crippen LogP contribution in [-0.2, 0) is 0 Å². The van der Waals surface area contributed by atoms with Gasteiger partial charge in [0.1, 0.15) is 0 Å². The van der Waals surface area contributed by atoms with Gasteiger partial charge in [0.05, 0.1) is 22.8 Å². The molecule has 228 valence electrons. The van der Waals surface area contributed by atoms with Crippen LogP contribution in [0.3, 0.4) is 0 Å². The van der Waals surface area contributed by atoms with Gasteiger partial charge in [0.15, 0.2) is 0 Å². The highest BCUT2D eigenvalue weighted by atomic mass is 16.5. The molecule has 2 aromatic carbocycles. The summed E-state index contributed by atoms with van der Waals surface area (Å²) in [6, 6.07) is 33.5. The first-order valence-corrected chi connectivity index (χ1v) is 15.8. The minimum Gasteiger partial charge on any atom is -0.421 e. The molecule has 4 heterocycles. The molecule has 5 heteroatoms. The van der Waals surface area contributed by atoms with Crippen molar-refractivity contribution in [2.75, 3.05) is 0 Å². The lowest BCUT2D eigenvalue weighted by Crippen LogP contribution is -2.06. The molecule has 0 aliphatic carbocycles. The van der Waals surface area contributed by atoms with Crippen LogP contribution < -0.4 is 4.74 Å². The third-order valence-electron chi connectivity index (χ3n) is 8.78. The van der Waals surface area contributed by atoms with E-state index in [0.717, 1.165) is 22.8 Å². The Hall–Kier alpha value is -4.90. The third-order valence-corrected chi connectivity index (χ3v) is 8.78. The molecule has 6 rings (SSSR count). The number of hydrogen-bond donors (Lipinski definition) is 0. The smallest absolute Gasteiger partial charge is 0.221 e. The Kier molecular flexibility index (Phi) is 8.20. The van der Waals surface area contributed by atoms with Gasteiger partial charge in [-0.15, -0.1) is 0 Å². The van der Waals surface area contributed by atoms with E-state index in [2.05, 4.69) is 125 Å². The predicted octanol–water partition coefficient (Wildman–Crippen LogP) is 10.7. The van der Waals surface area contributed by atoms with Crippen molar-refractivity contribution in [3.05, 3.63) is 131 Å². The summed E-state index contributed by atoms with van der Waals surface area (Å²) in [6.45, 7) is 17.6. The Morgan fingerprint density at radius 2 is 0.911 bits per heavy atom. The van der Waals surface area contributed by atoms with Crippen LogP contribution in [0.25, 0.3) is 34.2 Å². The minimum absolute atomic E-state index is 0.393. The molecule has 45 heavy (non-hydrogen) atoms. The van der Waals surface area contributed by atoms with Crippen LogP contribution in [0.4, 0.5) is 0 Å². The van der Waals surface area contributed by atoms with Gasteiger partial charge >= 0.3 is 0 Å². The molecule has 0 amide bonds. The molecule has 0 saturated carbocycles. The van der Waals surface area contributed by atoms with Gasteiger partial charge in [0.2, 0.25) is 11.8 Å². The summed E-state index contributed by atoms with van der Waals surface area (Å²) >= 11 is 0. The van der Waals surface area contributed by atoms with Crippen LogP contribution >= 0.6 is 0 Å². The number of nitrogens with zero attached hydrogens (tertiary/aromatic N) is 4. The van der Waals surface area contributed by atoms with Crippen molar-refractivity contribution in [3.63, 3.8) is 0 Å². The third kappa shape index (κ3) is 5.71. The van der Waals surface area contributed by atoms with E-state index < -0.39 is 0 Å². The number of aromatic nitrogens is 4. The van der Waals surface area contributed by atoms with E-state index in [4.69, 9.17) is 14.7 Å². The average Bonchev–Trinajstić information content (AvgIpc) is 3.51. The largest absolute Gasteiger partial charge is 0.421 e. The van der Waals surface area contributed by atoms with Gasteiger partial charge in [-0.05, 0) is 98.2 Å². The molecule has 0 spiro atoms. The lowest BCUT2D eigenvalue weighted by Gasteiger charge is -2.18. The van der Waals surface area contributed by atoms with Gasteiger partial charge in [-0.1, -0.05) is 76.2 Å². The van der Waals surface area contributed by atoms with Crippen LogP contribution in [0.15, 0.2) is 97.1 Å². The first-order valence-electron chi connectivity index (χ1n) is 15.8. The number of benzene rings is 2. The molecule has 0 aliphatic rings. The second-order valence-corrected chi connectivity index (χ2v) is 12.5. The summed E-state index contributed by atoms with van der Waals surface area (Å²) in [5.74, 6) is 1.80. The first kappa shape index (κ1) is 30.1. The van der Waals surface area contributed by atoms with E-state index in [1.165, 1.54) is 45.0 Å². The molecule has 0 atom stereocenters. The van der Waals surface area contributed by atoms with Gasteiger partial charge in [-0.2, -0.15) is 0 Å². The molecule has 0 radical (unpaired) electrons. The SMILES string of the molecule is Cc1cc(-c2cccc(Oc3cccc(-c4cc(C)c(C)n4-c4ccccc4C(C)C)n3)n2)n(-c2ccccc2C(C)C)c1C. The summed E-state index contributed by atoms with van der Waals surface area (Å²) in [4.78, 5) is 9.96. The fourth-order valence-electron chi connectivity index (χ4n) is 6.15. The topological polar surface area (TPSA) is 44.9 Å². The van der Waals surface area contributed by atoms with Crippen molar-refractivity contribution in [3.8, 4) is 45.9 Å². The minimum atomic E-state index is 0.393. The van der Waals surface area contributed by atoms with E-state index in [1.807, 2.05) is 36.4 Å². The summed E-state index contributed by atoms with van der Waals surface area (Å²) in [6.07, 6.45) is 0. The van der Waals surface area contributed by atoms with Crippen LogP contribution in [0, 0.1) is 27.7 Å². The summed E-state index contributed by atoms with van der Waals surface area (Å²) in [7, 11) is 0. The standard InChI is InChI=1S/C40H42N4O/c1-25(2)31-15-9-11-19-35(31)43-29(7)27(5)23-37(43)33-17-13-21-39(41-33)45-40-22-14-18-34(42-40)38-24-28(6)30(8)44(38)36-20-12-10-16-32(36)26(3)4/h9-26H,1-8H3. The van der Waals surface area contributed by atoms with Gasteiger partial charge in [-0.25, -0.2) is 9.97 Å². The molecular formula is C40H42N4O. The van der Waals surface area contributed by atoms with E-state index >= 15 is 0 Å². The zero-order valence-electron chi connectivity index (χ0n) is 27.6. The van der Waals surface area contributed by atoms with Crippen LogP contribution in [0.2, 0.25) is 0 Å². The Balaban J connectivity index is 1.37. The molecule has 0 fully saturated rings. The Bertz CT molecular complexity index is 1850. The van der Waals surface area contributed by atoms with Crippen LogP contribution in [0.5, 0.6) is 11.8 Å². The van der Waals surface area contributed by atoms with E-state index in [0.29, 0.717) is 23.6 Å². The molecule has 0 unspecified atom stereocenters. The number of para-hydroxylation sites is 2. The van der Waals surface area contributed by atoms with Crippen molar-refractivity contribution < 1.29 is 4.74 Å². The maximum absolute atomic E-state index is 6.35. The average molecular weight is 595 g/mol. The quantitative estimate of drug-likeness (QED) is 0.176. The fourth-order valence-corrected chi connectivity index (χ4v) is 6.15. The first-order chi connectivity index (χ1) is 21.6. The normalized spacial score (nSPS) is 11.5. The molecule has 5 nitrogen and oxygen atoms in total. The van der Waals surface area contributed by atoms with Crippen molar-refractivity contribution in [1.29, 1.82) is 0 Å². The van der Waals surface area contributed by atoms with Crippen LogP contribution in [-0.4, -0.2) is 19.1 Å². The van der Waals surface area contributed by atoms with Crippen molar-refractivity contribution in [1.82, 2.24) is 19.1 Å². The van der Waals surface area contributed by atoms with Crippen molar-refractivity contribution >= 4 is 0 Å². The summed E-state index contributed by atoms with van der Waals surface area (Å²) in [5, 5.41) is 0. The molecule has 0 N–H and O–H groups in total. The number of aryl methyl sites for hydroxylation is 2. The van der Waals surface area contributed by atoms with Crippen molar-refractivity contribution in [2.24, 2.45) is 0 Å². The molecule has 0 saturated heterocycles. The second kappa shape index (κ2) is 12.2. The summed E-state index contributed by atoms with van der Waals surface area (Å²) < 4.78 is 11.0. The second-order valence-electron chi connectivity index (χ2n) is 12.5. The van der Waals surface area contributed by atoms with E-state index in [-0.39, 0.29) is 0 Å². The van der Waals surface area contributed by atoms with Gasteiger partial charge in [-0.3, -0.25) is 0 Å². The number of hydrogen-bond acceptors (Lipinski definition) is 3. The zero-order chi connectivity index (χ0) is 31.8. The van der Waals surface area contributed by atoms with Crippen LogP contribution in [0.1, 0.15) is 73.2 Å². The number of pyridine rings is 2. The Morgan fingerprint density at radius 3 is 1.31 bits per heavy atom. The molecule has 0 aliphatic heterocycles. The summed E-state index contributed by atoms with van der Waals surface area (Å²) in [5.41, 5.74) is 13.6. The molecular weight excluding hydrogens is 552 g/mol. The van der Waals surface area contributed by atoms with Gasteiger partial charge in [0, 0.05) is 34.9 Å². The molecule has 4 aromatic heterocycles. The molecule has 6 aromatic rings. The Labute approximate surface area is 267 Å². The zero-order valence-corrected chi connectivity index (χ0v) is 27.6. The lowest BCUT2D eigenvalue weighted by molar-refractivity contribution is 0.446. The highest BCUT2D eigenvalue weighted by molar-refractivity contribution is 5.66. The maximum atomic E-state index is 6.35. The van der Waals surface area contributed by atoms with Gasteiger partial charge in [0.25, 0.3) is 0 Å². The highest BCUT2D eigenvalue weighted by Gasteiger charge is 2.20. The van der Waals surface area contributed by atoms with Crippen molar-refractivity contribution in [2.45, 2.75) is 67.2 Å². The predicted molar refractivity (Wildman–Crippen MR) is 185 cm³/mol. The highest BCUT2D eigenvalue weighted by Crippen LogP contribution is 2.35. The fraction of sp³-hybridized carbons (Fsp3) is 0.250. The number of rotatable bonds is 8. The number of ether oxygens (including phenoxy) is 1. The van der Waals surface area contributed by atoms with E-state index in [9.17, 15) is 0 Å². The monoisotopic (exact) mass is 594 g/mol. The lowest BCUT2D eigenvalue weighted by atomic mass is 10.0. The molecule has 0 bridgehead atoms.